The van der Waals surface area contributed by atoms with Crippen LogP contribution in [0.4, 0.5) is 0 Å². The zero-order chi connectivity index (χ0) is 43.3. The van der Waals surface area contributed by atoms with Crippen LogP contribution in [-0.4, -0.2) is 40.9 Å². The molecule has 2 atom stereocenters. The van der Waals surface area contributed by atoms with Crippen LogP contribution in [0.25, 0.3) is 0 Å². The summed E-state index contributed by atoms with van der Waals surface area (Å²) in [5.41, 5.74) is 0. The third-order valence-electron chi connectivity index (χ3n) is 12.8. The number of nitrogens with zero attached hydrogens (tertiary/aromatic N) is 1. The van der Waals surface area contributed by atoms with E-state index in [1.165, 1.54) is 225 Å². The van der Waals surface area contributed by atoms with Gasteiger partial charge in [-0.1, -0.05) is 221 Å². The van der Waals surface area contributed by atoms with Crippen LogP contribution in [0, 0.1) is 11.8 Å². The molecular formula is C53H104INO4. The van der Waals surface area contributed by atoms with Crippen LogP contribution in [0.1, 0.15) is 291 Å². The number of esters is 2. The molecule has 0 aromatic carbocycles. The highest BCUT2D eigenvalue weighted by atomic mass is 127. The van der Waals surface area contributed by atoms with Crippen LogP contribution in [0.5, 0.6) is 0 Å². The second-order valence-corrected chi connectivity index (χ2v) is 19.9. The van der Waals surface area contributed by atoms with E-state index in [1.807, 2.05) is 0 Å². The average molecular weight is 946 g/mol. The minimum atomic E-state index is 0.0242. The maximum Gasteiger partial charge on any atom is 0.305 e. The van der Waals surface area contributed by atoms with E-state index < -0.39 is 0 Å². The minimum Gasteiger partial charge on any atom is -0.465 e. The van der Waals surface area contributed by atoms with E-state index in [0.29, 0.717) is 43.9 Å². The highest BCUT2D eigenvalue weighted by Gasteiger charge is 2.17. The Morgan fingerprint density at radius 1 is 0.373 bits per heavy atom. The lowest BCUT2D eigenvalue weighted by molar-refractivity contribution is -0.146. The van der Waals surface area contributed by atoms with Crippen molar-refractivity contribution < 1.29 is 19.1 Å². The number of hydrogen-bond donors (Lipinski definition) is 0. The number of unbranched alkanes of at least 4 members (excludes halogenated alkanes) is 25. The van der Waals surface area contributed by atoms with Gasteiger partial charge in [0, 0.05) is 48.3 Å². The Hall–Kier alpha value is -0.370. The Morgan fingerprint density at radius 3 is 1.05 bits per heavy atom. The first-order valence-electron chi connectivity index (χ1n) is 26.6. The van der Waals surface area contributed by atoms with Gasteiger partial charge in [0.05, 0.1) is 13.2 Å². The molecule has 0 radical (unpaired) electrons. The standard InChI is InChI=1S/C53H104INO4/c1-6-11-16-19-20-25-30-37-46-55(54)51(42-33-26-21-23-28-35-44-52(56)58-47-49(38-14-9-4)40-31-17-12-7-2)43-34-27-22-24-29-36-45-53(57)59-48-50(39-15-10-5)41-32-18-13-8-3/h49-51H,6-48H2,1-5H3. The molecule has 0 aliphatic carbocycles. The van der Waals surface area contributed by atoms with Gasteiger partial charge in [-0.15, -0.1) is 0 Å². The third-order valence-corrected chi connectivity index (χ3v) is 14.1. The molecule has 6 heteroatoms. The van der Waals surface area contributed by atoms with Crippen molar-refractivity contribution in [1.29, 1.82) is 0 Å². The Bertz CT molecular complexity index is 814. The molecule has 5 nitrogen and oxygen atoms in total. The molecule has 0 rings (SSSR count). The van der Waals surface area contributed by atoms with E-state index in [4.69, 9.17) is 9.47 Å². The summed E-state index contributed by atoms with van der Waals surface area (Å²) in [6, 6.07) is 0.685. The summed E-state index contributed by atoms with van der Waals surface area (Å²) in [5, 5.41) is 0. The number of carbonyl (C=O) groups excluding carboxylic acids is 2. The van der Waals surface area contributed by atoms with Gasteiger partial charge in [0.1, 0.15) is 0 Å². The molecule has 2 unspecified atom stereocenters. The van der Waals surface area contributed by atoms with Crippen LogP contribution in [0.2, 0.25) is 0 Å². The number of hydrogen-bond acceptors (Lipinski definition) is 5. The van der Waals surface area contributed by atoms with Crippen molar-refractivity contribution in [1.82, 2.24) is 3.11 Å². The Labute approximate surface area is 384 Å². The smallest absolute Gasteiger partial charge is 0.305 e. The lowest BCUT2D eigenvalue weighted by atomic mass is 9.96. The number of carbonyl (C=O) groups is 2. The summed E-state index contributed by atoms with van der Waals surface area (Å²) in [5.74, 6) is 1.15. The molecule has 0 saturated carbocycles. The molecular weight excluding hydrogens is 841 g/mol. The maximum atomic E-state index is 12.5. The summed E-state index contributed by atoms with van der Waals surface area (Å²) >= 11 is 2.65. The van der Waals surface area contributed by atoms with Gasteiger partial charge in [-0.2, -0.15) is 0 Å². The van der Waals surface area contributed by atoms with Gasteiger partial charge in [-0.3, -0.25) is 9.59 Å². The first kappa shape index (κ1) is 58.6. The fourth-order valence-corrected chi connectivity index (χ4v) is 9.51. The molecule has 0 bridgehead atoms. The zero-order valence-electron chi connectivity index (χ0n) is 40.6. The predicted octanol–water partition coefficient (Wildman–Crippen LogP) is 18.0. The quantitative estimate of drug-likeness (QED) is 0.0263. The van der Waals surface area contributed by atoms with Gasteiger partial charge in [0.2, 0.25) is 0 Å². The number of rotatable bonds is 48. The monoisotopic (exact) mass is 946 g/mol. The molecule has 0 N–H and O–H groups in total. The molecule has 59 heavy (non-hydrogen) atoms. The van der Waals surface area contributed by atoms with Gasteiger partial charge in [-0.25, -0.2) is 3.11 Å². The van der Waals surface area contributed by atoms with Crippen LogP contribution < -0.4 is 0 Å². The highest BCUT2D eigenvalue weighted by Crippen LogP contribution is 2.24. The van der Waals surface area contributed by atoms with Crippen molar-refractivity contribution in [2.24, 2.45) is 11.8 Å². The summed E-state index contributed by atoms with van der Waals surface area (Å²) in [4.78, 5) is 25.0. The SMILES string of the molecule is CCCCCCCCCCN(I)C(CCCCCCCCC(=O)OCC(CCCC)CCCCCC)CCCCCCCCC(=O)OCC(CCCC)CCCCCC. The summed E-state index contributed by atoms with van der Waals surface area (Å²) in [6.45, 7) is 13.8. The molecule has 0 heterocycles. The van der Waals surface area contributed by atoms with Crippen molar-refractivity contribution in [3.05, 3.63) is 0 Å². The van der Waals surface area contributed by atoms with Crippen LogP contribution >= 0.6 is 22.9 Å². The highest BCUT2D eigenvalue weighted by molar-refractivity contribution is 14.1. The van der Waals surface area contributed by atoms with E-state index in [0.717, 1.165) is 25.7 Å². The van der Waals surface area contributed by atoms with E-state index in [-0.39, 0.29) is 11.9 Å². The maximum absolute atomic E-state index is 12.5. The first-order chi connectivity index (χ1) is 28.9. The van der Waals surface area contributed by atoms with Crippen LogP contribution in [0.15, 0.2) is 0 Å². The average Bonchev–Trinajstić information content (AvgIpc) is 3.24. The van der Waals surface area contributed by atoms with Gasteiger partial charge in [0.15, 0.2) is 0 Å². The summed E-state index contributed by atoms with van der Waals surface area (Å²) in [6.07, 6.45) is 49.5. The molecule has 0 aliphatic heterocycles. The van der Waals surface area contributed by atoms with Crippen molar-refractivity contribution in [2.45, 2.75) is 297 Å². The van der Waals surface area contributed by atoms with E-state index in [2.05, 4.69) is 60.6 Å². The molecule has 0 aromatic heterocycles. The van der Waals surface area contributed by atoms with E-state index in [1.54, 1.807) is 0 Å². The lowest BCUT2D eigenvalue weighted by Crippen LogP contribution is -2.27. The van der Waals surface area contributed by atoms with Gasteiger partial charge >= 0.3 is 11.9 Å². The number of halogens is 1. The second kappa shape index (κ2) is 47.1. The van der Waals surface area contributed by atoms with E-state index >= 15 is 0 Å². The zero-order valence-corrected chi connectivity index (χ0v) is 42.8. The Morgan fingerprint density at radius 2 is 0.661 bits per heavy atom. The third kappa shape index (κ3) is 41.4. The van der Waals surface area contributed by atoms with Gasteiger partial charge < -0.3 is 9.47 Å². The fraction of sp³-hybridized carbons (Fsp3) is 0.962. The fourth-order valence-electron chi connectivity index (χ4n) is 8.61. The first-order valence-corrected chi connectivity index (χ1v) is 27.6. The normalized spacial score (nSPS) is 13.2. The van der Waals surface area contributed by atoms with Crippen LogP contribution in [-0.2, 0) is 19.1 Å². The molecule has 352 valence electrons. The van der Waals surface area contributed by atoms with Gasteiger partial charge in [0.25, 0.3) is 0 Å². The molecule has 0 fully saturated rings. The summed E-state index contributed by atoms with van der Waals surface area (Å²) < 4.78 is 14.2. The van der Waals surface area contributed by atoms with Crippen molar-refractivity contribution in [3.8, 4) is 0 Å². The molecule has 0 saturated heterocycles. The molecule has 0 aliphatic rings. The predicted molar refractivity (Wildman–Crippen MR) is 266 cm³/mol. The second-order valence-electron chi connectivity index (χ2n) is 18.7. The Balaban J connectivity index is 4.42. The molecule has 0 spiro atoms. The topological polar surface area (TPSA) is 55.8 Å². The molecule has 0 amide bonds. The van der Waals surface area contributed by atoms with Crippen molar-refractivity contribution in [2.75, 3.05) is 19.8 Å². The molecule has 0 aromatic rings. The van der Waals surface area contributed by atoms with Crippen molar-refractivity contribution >= 4 is 34.8 Å². The van der Waals surface area contributed by atoms with E-state index in [9.17, 15) is 9.59 Å². The minimum absolute atomic E-state index is 0.0242. The number of ether oxygens (including phenoxy) is 2. The van der Waals surface area contributed by atoms with Crippen LogP contribution in [0.3, 0.4) is 0 Å². The summed E-state index contributed by atoms with van der Waals surface area (Å²) in [7, 11) is 0. The Kier molecular flexibility index (Phi) is 46.8. The largest absolute Gasteiger partial charge is 0.465 e. The van der Waals surface area contributed by atoms with Gasteiger partial charge in [-0.05, 0) is 69.6 Å². The van der Waals surface area contributed by atoms with Crippen molar-refractivity contribution in [3.63, 3.8) is 0 Å². The lowest BCUT2D eigenvalue weighted by Gasteiger charge is -2.26.